The van der Waals surface area contributed by atoms with Crippen molar-refractivity contribution >= 4 is 34.7 Å². The Morgan fingerprint density at radius 1 is 1.17 bits per heavy atom. The molecule has 0 amide bonds. The summed E-state index contributed by atoms with van der Waals surface area (Å²) in [5.74, 6) is 1.72. The van der Waals surface area contributed by atoms with Crippen LogP contribution in [0.4, 0.5) is 0 Å². The lowest BCUT2D eigenvalue weighted by atomic mass is 10.2. The molecular formula is C14H12Cl2N6S. The van der Waals surface area contributed by atoms with Gasteiger partial charge in [-0.05, 0) is 23.2 Å². The first kappa shape index (κ1) is 15.0. The molecule has 2 aromatic heterocycles. The third-order valence-electron chi connectivity index (χ3n) is 3.81. The molecule has 3 heterocycles. The largest absolute Gasteiger partial charge is 0.307 e. The molecule has 0 aliphatic carbocycles. The summed E-state index contributed by atoms with van der Waals surface area (Å²) < 4.78 is 6.14. The first-order valence-corrected chi connectivity index (χ1v) is 8.59. The number of fused-ring (bicyclic) bond motifs is 1. The molecule has 9 heteroatoms. The number of halogens is 2. The van der Waals surface area contributed by atoms with Gasteiger partial charge in [0.2, 0.25) is 0 Å². The highest BCUT2D eigenvalue weighted by Gasteiger charge is 2.23. The van der Waals surface area contributed by atoms with Gasteiger partial charge in [-0.3, -0.25) is 4.90 Å². The molecular weight excluding hydrogens is 355 g/mol. The Bertz CT molecular complexity index is 832. The number of aromatic nitrogens is 5. The van der Waals surface area contributed by atoms with Crippen LogP contribution in [0.2, 0.25) is 10.0 Å². The van der Waals surface area contributed by atoms with Crippen LogP contribution < -0.4 is 0 Å². The van der Waals surface area contributed by atoms with Gasteiger partial charge in [0.15, 0.2) is 10.8 Å². The molecule has 6 nitrogen and oxygen atoms in total. The van der Waals surface area contributed by atoms with Gasteiger partial charge < -0.3 is 4.57 Å². The summed E-state index contributed by atoms with van der Waals surface area (Å²) in [5.41, 5.74) is 1.02. The highest BCUT2D eigenvalue weighted by Crippen LogP contribution is 2.28. The van der Waals surface area contributed by atoms with E-state index in [1.165, 1.54) is 17.9 Å². The molecule has 1 aromatic carbocycles. The van der Waals surface area contributed by atoms with E-state index in [0.29, 0.717) is 16.6 Å². The number of rotatable bonds is 3. The van der Waals surface area contributed by atoms with E-state index in [0.717, 1.165) is 41.9 Å². The van der Waals surface area contributed by atoms with E-state index in [9.17, 15) is 0 Å². The Morgan fingerprint density at radius 2 is 2.09 bits per heavy atom. The Labute approximate surface area is 146 Å². The Hall–Kier alpha value is -1.54. The maximum atomic E-state index is 6.28. The van der Waals surface area contributed by atoms with Crippen molar-refractivity contribution in [3.05, 3.63) is 46.0 Å². The fraction of sp³-hybridized carbons (Fsp3) is 0.286. The molecule has 1 aliphatic rings. The highest BCUT2D eigenvalue weighted by atomic mass is 35.5. The molecule has 0 N–H and O–H groups in total. The summed E-state index contributed by atoms with van der Waals surface area (Å²) in [5, 5.41) is 10.6. The summed E-state index contributed by atoms with van der Waals surface area (Å²) in [4.78, 5) is 6.50. The molecule has 0 unspecified atom stereocenters. The fourth-order valence-corrected chi connectivity index (χ4v) is 3.58. The van der Waals surface area contributed by atoms with Crippen molar-refractivity contribution in [2.45, 2.75) is 19.6 Å². The summed E-state index contributed by atoms with van der Waals surface area (Å²) in [6, 6.07) is 5.72. The highest BCUT2D eigenvalue weighted by molar-refractivity contribution is 7.08. The van der Waals surface area contributed by atoms with E-state index in [-0.39, 0.29) is 0 Å². The molecule has 118 valence electrons. The zero-order valence-electron chi connectivity index (χ0n) is 12.0. The lowest BCUT2D eigenvalue weighted by Gasteiger charge is -2.27. The van der Waals surface area contributed by atoms with Crippen molar-refractivity contribution in [2.75, 3.05) is 6.54 Å². The van der Waals surface area contributed by atoms with Gasteiger partial charge in [-0.25, -0.2) is 4.98 Å². The molecule has 4 rings (SSSR count). The molecule has 0 atom stereocenters. The second-order valence-electron chi connectivity index (χ2n) is 5.26. The van der Waals surface area contributed by atoms with Crippen molar-refractivity contribution in [3.63, 3.8) is 0 Å². The minimum absolute atomic E-state index is 0.586. The Kier molecular flexibility index (Phi) is 4.02. The second kappa shape index (κ2) is 6.16. The van der Waals surface area contributed by atoms with Gasteiger partial charge in [0.1, 0.15) is 12.2 Å². The van der Waals surface area contributed by atoms with E-state index < -0.39 is 0 Å². The molecule has 1 aliphatic heterocycles. The number of hydrogen-bond donors (Lipinski definition) is 0. The normalized spacial score (nSPS) is 14.9. The summed E-state index contributed by atoms with van der Waals surface area (Å²) in [6.07, 6.45) is 1.54. The van der Waals surface area contributed by atoms with E-state index in [1.54, 1.807) is 6.07 Å². The van der Waals surface area contributed by atoms with Crippen molar-refractivity contribution in [2.24, 2.45) is 0 Å². The second-order valence-corrected chi connectivity index (χ2v) is 6.83. The molecule has 0 saturated heterocycles. The number of hydrogen-bond acceptors (Lipinski definition) is 6. The van der Waals surface area contributed by atoms with Crippen LogP contribution in [0, 0.1) is 0 Å². The standard InChI is InChI=1S/C14H12Cl2N6S/c15-10-3-1-2-9(12(10)16)6-21-4-5-22-11(7-21)19-20-13(22)14-17-8-18-23-14/h1-3,8H,4-7H2. The van der Waals surface area contributed by atoms with Crippen molar-refractivity contribution in [1.82, 2.24) is 29.0 Å². The van der Waals surface area contributed by atoms with Crippen LogP contribution in [-0.4, -0.2) is 35.6 Å². The zero-order chi connectivity index (χ0) is 15.8. The van der Waals surface area contributed by atoms with Crippen LogP contribution in [0.5, 0.6) is 0 Å². The monoisotopic (exact) mass is 366 g/mol. The SMILES string of the molecule is Clc1cccc(CN2CCn3c(nnc3-c3ncns3)C2)c1Cl. The van der Waals surface area contributed by atoms with Crippen LogP contribution in [-0.2, 0) is 19.6 Å². The Morgan fingerprint density at radius 3 is 2.91 bits per heavy atom. The van der Waals surface area contributed by atoms with Crippen molar-refractivity contribution in [3.8, 4) is 10.8 Å². The maximum Gasteiger partial charge on any atom is 0.194 e. The van der Waals surface area contributed by atoms with Gasteiger partial charge in [0.25, 0.3) is 0 Å². The molecule has 0 radical (unpaired) electrons. The average molecular weight is 367 g/mol. The number of nitrogens with zero attached hydrogens (tertiary/aromatic N) is 6. The van der Waals surface area contributed by atoms with Gasteiger partial charge in [0, 0.05) is 19.6 Å². The first-order valence-electron chi connectivity index (χ1n) is 7.07. The van der Waals surface area contributed by atoms with E-state index in [4.69, 9.17) is 23.2 Å². The quantitative estimate of drug-likeness (QED) is 0.712. The molecule has 3 aromatic rings. The van der Waals surface area contributed by atoms with Gasteiger partial charge in [0.05, 0.1) is 16.6 Å². The molecule has 0 saturated carbocycles. The Balaban J connectivity index is 1.55. The van der Waals surface area contributed by atoms with Crippen molar-refractivity contribution in [1.29, 1.82) is 0 Å². The van der Waals surface area contributed by atoms with E-state index >= 15 is 0 Å². The molecule has 23 heavy (non-hydrogen) atoms. The third-order valence-corrected chi connectivity index (χ3v) is 5.33. The maximum absolute atomic E-state index is 6.28. The van der Waals surface area contributed by atoms with Crippen LogP contribution in [0.15, 0.2) is 24.5 Å². The average Bonchev–Trinajstić information content (AvgIpc) is 3.20. The topological polar surface area (TPSA) is 59.7 Å². The van der Waals surface area contributed by atoms with Gasteiger partial charge in [-0.1, -0.05) is 35.3 Å². The smallest absolute Gasteiger partial charge is 0.194 e. The fourth-order valence-electron chi connectivity index (χ4n) is 2.68. The molecule has 0 bridgehead atoms. The van der Waals surface area contributed by atoms with Gasteiger partial charge >= 0.3 is 0 Å². The predicted octanol–water partition coefficient (Wildman–Crippen LogP) is 3.12. The zero-order valence-corrected chi connectivity index (χ0v) is 14.3. The van der Waals surface area contributed by atoms with Gasteiger partial charge in [-0.2, -0.15) is 4.37 Å². The van der Waals surface area contributed by atoms with E-state index in [2.05, 4.69) is 29.0 Å². The van der Waals surface area contributed by atoms with Crippen LogP contribution in [0.1, 0.15) is 11.4 Å². The summed E-state index contributed by atoms with van der Waals surface area (Å²) in [7, 11) is 0. The van der Waals surface area contributed by atoms with Crippen LogP contribution in [0.3, 0.4) is 0 Å². The molecule has 0 fully saturated rings. The minimum atomic E-state index is 0.586. The minimum Gasteiger partial charge on any atom is -0.307 e. The number of benzene rings is 1. The lowest BCUT2D eigenvalue weighted by molar-refractivity contribution is 0.209. The van der Waals surface area contributed by atoms with Crippen molar-refractivity contribution < 1.29 is 0 Å². The summed E-state index contributed by atoms with van der Waals surface area (Å²) >= 11 is 13.7. The van der Waals surface area contributed by atoms with E-state index in [1.807, 2.05) is 12.1 Å². The first-order chi connectivity index (χ1) is 11.2. The lowest BCUT2D eigenvalue weighted by Crippen LogP contribution is -2.33. The van der Waals surface area contributed by atoms with Crippen LogP contribution in [0.25, 0.3) is 10.8 Å². The predicted molar refractivity (Wildman–Crippen MR) is 89.5 cm³/mol. The summed E-state index contributed by atoms with van der Waals surface area (Å²) in [6.45, 7) is 3.16. The van der Waals surface area contributed by atoms with Crippen LogP contribution >= 0.6 is 34.7 Å². The van der Waals surface area contributed by atoms with Gasteiger partial charge in [-0.15, -0.1) is 10.2 Å². The molecule has 0 spiro atoms. The third kappa shape index (κ3) is 2.85.